The Hall–Kier alpha value is -3.11. The van der Waals surface area contributed by atoms with Gasteiger partial charge in [0.2, 0.25) is 5.91 Å². The summed E-state index contributed by atoms with van der Waals surface area (Å²) in [4.78, 5) is 25.6. The van der Waals surface area contributed by atoms with Crippen molar-refractivity contribution >= 4 is 45.9 Å². The first-order valence-corrected chi connectivity index (χ1v) is 11.1. The van der Waals surface area contributed by atoms with Crippen molar-refractivity contribution in [3.63, 3.8) is 0 Å². The van der Waals surface area contributed by atoms with Crippen molar-refractivity contribution in [2.75, 3.05) is 5.75 Å². The fourth-order valence-electron chi connectivity index (χ4n) is 3.01. The highest BCUT2D eigenvalue weighted by molar-refractivity contribution is 7.99. The van der Waals surface area contributed by atoms with Crippen LogP contribution in [0.4, 0.5) is 0 Å². The number of fused-ring (bicyclic) bond motifs is 1. The lowest BCUT2D eigenvalue weighted by molar-refractivity contribution is -0.119. The molecule has 8 nitrogen and oxygen atoms in total. The van der Waals surface area contributed by atoms with E-state index in [0.29, 0.717) is 17.3 Å². The average molecular weight is 442 g/mol. The standard InChI is InChI=1S/C20H19N5O3S2/c1-3-25-18(15-9-6-10-29-15)22-24-20(25)30-11-16(26)21-23-19(27)17-12(2)13-7-4-5-8-14(13)28-17/h4-10H,3,11H2,1-2H3,(H,21,26)(H,23,27). The van der Waals surface area contributed by atoms with E-state index in [1.165, 1.54) is 11.8 Å². The van der Waals surface area contributed by atoms with E-state index in [0.717, 1.165) is 21.7 Å². The molecule has 0 bridgehead atoms. The van der Waals surface area contributed by atoms with Gasteiger partial charge in [-0.1, -0.05) is 36.0 Å². The summed E-state index contributed by atoms with van der Waals surface area (Å²) in [7, 11) is 0. The topological polar surface area (TPSA) is 102 Å². The van der Waals surface area contributed by atoms with Crippen molar-refractivity contribution in [1.29, 1.82) is 0 Å². The lowest BCUT2D eigenvalue weighted by Gasteiger charge is -2.07. The fourth-order valence-corrected chi connectivity index (χ4v) is 4.53. The van der Waals surface area contributed by atoms with E-state index in [1.807, 2.05) is 47.2 Å². The largest absolute Gasteiger partial charge is 0.451 e. The van der Waals surface area contributed by atoms with Crippen LogP contribution in [0, 0.1) is 6.92 Å². The third-order valence-corrected chi connectivity index (χ3v) is 6.30. The number of furan rings is 1. The smallest absolute Gasteiger partial charge is 0.305 e. The van der Waals surface area contributed by atoms with Gasteiger partial charge in [-0.15, -0.1) is 21.5 Å². The minimum Gasteiger partial charge on any atom is -0.451 e. The number of benzene rings is 1. The molecule has 0 fully saturated rings. The van der Waals surface area contributed by atoms with Crippen LogP contribution in [0.5, 0.6) is 0 Å². The van der Waals surface area contributed by atoms with E-state index < -0.39 is 5.91 Å². The minimum atomic E-state index is -0.501. The van der Waals surface area contributed by atoms with Gasteiger partial charge in [0.25, 0.3) is 0 Å². The summed E-state index contributed by atoms with van der Waals surface area (Å²) < 4.78 is 7.56. The third-order valence-electron chi connectivity index (χ3n) is 4.47. The van der Waals surface area contributed by atoms with Gasteiger partial charge in [0.15, 0.2) is 16.7 Å². The molecule has 4 rings (SSSR count). The Morgan fingerprint density at radius 1 is 1.17 bits per heavy atom. The second-order valence-electron chi connectivity index (χ2n) is 6.37. The fraction of sp³-hybridized carbons (Fsp3) is 0.200. The summed E-state index contributed by atoms with van der Waals surface area (Å²) in [6.07, 6.45) is 0. The van der Waals surface area contributed by atoms with Crippen molar-refractivity contribution in [1.82, 2.24) is 25.6 Å². The SMILES string of the molecule is CCn1c(SCC(=O)NNC(=O)c2oc3ccccc3c2C)nnc1-c1cccs1. The van der Waals surface area contributed by atoms with Gasteiger partial charge in [0.05, 0.1) is 10.6 Å². The molecule has 30 heavy (non-hydrogen) atoms. The molecule has 2 amide bonds. The maximum absolute atomic E-state index is 12.4. The number of thiophene rings is 1. The molecule has 3 aromatic heterocycles. The Labute approximate surface area is 180 Å². The van der Waals surface area contributed by atoms with Crippen LogP contribution in [-0.4, -0.2) is 32.3 Å². The zero-order valence-electron chi connectivity index (χ0n) is 16.3. The van der Waals surface area contributed by atoms with Crippen LogP contribution < -0.4 is 10.9 Å². The molecular formula is C20H19N5O3S2. The molecule has 0 unspecified atom stereocenters. The van der Waals surface area contributed by atoms with Crippen molar-refractivity contribution in [3.8, 4) is 10.7 Å². The van der Waals surface area contributed by atoms with Gasteiger partial charge >= 0.3 is 5.91 Å². The van der Waals surface area contributed by atoms with Crippen LogP contribution in [0.3, 0.4) is 0 Å². The van der Waals surface area contributed by atoms with Crippen molar-refractivity contribution < 1.29 is 14.0 Å². The molecule has 0 radical (unpaired) electrons. The molecule has 4 aromatic rings. The first-order chi connectivity index (χ1) is 14.6. The first kappa shape index (κ1) is 20.2. The Balaban J connectivity index is 1.35. The lowest BCUT2D eigenvalue weighted by Crippen LogP contribution is -2.42. The molecular weight excluding hydrogens is 422 g/mol. The quantitative estimate of drug-likeness (QED) is 0.350. The molecule has 1 aromatic carbocycles. The number of hydrogen-bond acceptors (Lipinski definition) is 7. The lowest BCUT2D eigenvalue weighted by atomic mass is 10.1. The number of carbonyl (C=O) groups excluding carboxylic acids is 2. The van der Waals surface area contributed by atoms with Crippen LogP contribution in [0.15, 0.2) is 51.4 Å². The highest BCUT2D eigenvalue weighted by Crippen LogP contribution is 2.27. The number of aryl methyl sites for hydroxylation is 1. The van der Waals surface area contributed by atoms with Gasteiger partial charge in [-0.05, 0) is 31.4 Å². The molecule has 154 valence electrons. The molecule has 0 aliphatic rings. The number of amides is 2. The van der Waals surface area contributed by atoms with E-state index in [1.54, 1.807) is 24.3 Å². The van der Waals surface area contributed by atoms with Gasteiger partial charge in [0, 0.05) is 17.5 Å². The van der Waals surface area contributed by atoms with E-state index in [9.17, 15) is 9.59 Å². The number of carbonyl (C=O) groups is 2. The minimum absolute atomic E-state index is 0.0853. The predicted molar refractivity (Wildman–Crippen MR) is 116 cm³/mol. The molecule has 2 N–H and O–H groups in total. The number of hydrazine groups is 1. The van der Waals surface area contributed by atoms with Gasteiger partial charge in [0.1, 0.15) is 5.58 Å². The van der Waals surface area contributed by atoms with E-state index in [-0.39, 0.29) is 17.4 Å². The number of aromatic nitrogens is 3. The highest BCUT2D eigenvalue weighted by Gasteiger charge is 2.19. The van der Waals surface area contributed by atoms with E-state index >= 15 is 0 Å². The normalized spacial score (nSPS) is 11.0. The number of para-hydroxylation sites is 1. The molecule has 0 spiro atoms. The Kier molecular flexibility index (Phi) is 5.86. The van der Waals surface area contributed by atoms with Crippen LogP contribution in [-0.2, 0) is 11.3 Å². The molecule has 10 heteroatoms. The zero-order chi connectivity index (χ0) is 21.1. The molecule has 3 heterocycles. The summed E-state index contributed by atoms with van der Waals surface area (Å²) in [5, 5.41) is 11.9. The van der Waals surface area contributed by atoms with Crippen LogP contribution in [0.2, 0.25) is 0 Å². The summed E-state index contributed by atoms with van der Waals surface area (Å²) in [6.45, 7) is 4.49. The average Bonchev–Trinajstić information content (AvgIpc) is 3.49. The van der Waals surface area contributed by atoms with Gasteiger partial charge in [-0.25, -0.2) is 0 Å². The van der Waals surface area contributed by atoms with Crippen LogP contribution in [0.25, 0.3) is 21.7 Å². The third kappa shape index (κ3) is 3.96. The summed E-state index contributed by atoms with van der Waals surface area (Å²) in [5.41, 5.74) is 6.18. The van der Waals surface area contributed by atoms with Gasteiger partial charge < -0.3 is 8.98 Å². The predicted octanol–water partition coefficient (Wildman–Crippen LogP) is 3.63. The summed E-state index contributed by atoms with van der Waals surface area (Å²) >= 11 is 2.85. The second kappa shape index (κ2) is 8.72. The molecule has 0 aliphatic carbocycles. The number of nitrogens with zero attached hydrogens (tertiary/aromatic N) is 3. The molecule has 0 aliphatic heterocycles. The van der Waals surface area contributed by atoms with E-state index in [2.05, 4.69) is 21.0 Å². The zero-order valence-corrected chi connectivity index (χ0v) is 18.0. The molecule has 0 saturated heterocycles. The maximum atomic E-state index is 12.4. The Morgan fingerprint density at radius 2 is 2.00 bits per heavy atom. The Bertz CT molecular complexity index is 1200. The number of rotatable bonds is 6. The Morgan fingerprint density at radius 3 is 2.73 bits per heavy atom. The van der Waals surface area contributed by atoms with Crippen LogP contribution in [0.1, 0.15) is 23.0 Å². The summed E-state index contributed by atoms with van der Waals surface area (Å²) in [5.74, 6) is 0.186. The van der Waals surface area contributed by atoms with E-state index in [4.69, 9.17) is 4.42 Å². The molecule has 0 atom stereocenters. The number of hydrogen-bond donors (Lipinski definition) is 2. The number of thioether (sulfide) groups is 1. The van der Waals surface area contributed by atoms with Crippen molar-refractivity contribution in [2.45, 2.75) is 25.5 Å². The highest BCUT2D eigenvalue weighted by atomic mass is 32.2. The van der Waals surface area contributed by atoms with Gasteiger partial charge in [-0.2, -0.15) is 0 Å². The second-order valence-corrected chi connectivity index (χ2v) is 8.26. The van der Waals surface area contributed by atoms with Crippen molar-refractivity contribution in [3.05, 3.63) is 53.1 Å². The van der Waals surface area contributed by atoms with Gasteiger partial charge in [-0.3, -0.25) is 20.4 Å². The van der Waals surface area contributed by atoms with Crippen molar-refractivity contribution in [2.24, 2.45) is 0 Å². The summed E-state index contributed by atoms with van der Waals surface area (Å²) in [6, 6.07) is 11.3. The molecule has 0 saturated carbocycles. The first-order valence-electron chi connectivity index (χ1n) is 9.25. The number of nitrogens with one attached hydrogen (secondary N) is 2. The monoisotopic (exact) mass is 441 g/mol. The van der Waals surface area contributed by atoms with Crippen LogP contribution >= 0.6 is 23.1 Å². The maximum Gasteiger partial charge on any atom is 0.305 e.